The molecule has 4 aromatic rings. The molecule has 0 bridgehead atoms. The summed E-state index contributed by atoms with van der Waals surface area (Å²) in [5.41, 5.74) is 22.2. The molecule has 0 saturated heterocycles. The number of phenolic OH excluding ortho intramolecular Hbond substituents is 4. The molecule has 8 atom stereocenters. The van der Waals surface area contributed by atoms with Crippen molar-refractivity contribution in [2.45, 2.75) is 274 Å². The number of carbonyl (C=O) groups excluding carboxylic acids is 2. The topological polar surface area (TPSA) is 257 Å². The number of phenols is 4. The molecule has 2 radical (unpaired) electrons. The van der Waals surface area contributed by atoms with E-state index in [2.05, 4.69) is 139 Å². The van der Waals surface area contributed by atoms with E-state index in [-0.39, 0.29) is 103 Å². The number of hydrogen-bond donors (Lipinski definition) is 8. The number of halogens is 1. The fourth-order valence-corrected chi connectivity index (χ4v) is 16.2. The van der Waals surface area contributed by atoms with Gasteiger partial charge in [-0.2, -0.15) is 0 Å². The van der Waals surface area contributed by atoms with Gasteiger partial charge in [-0.25, -0.2) is 10.7 Å². The fraction of sp³-hybridized carbons (Fsp3) is 0.505. The van der Waals surface area contributed by atoms with E-state index in [1.165, 1.54) is 28.4 Å². The lowest BCUT2D eigenvalue weighted by atomic mass is 9.73. The number of ketones is 1. The van der Waals surface area contributed by atoms with Gasteiger partial charge in [0.2, 0.25) is 6.08 Å². The third-order valence-electron chi connectivity index (χ3n) is 21.3. The van der Waals surface area contributed by atoms with Crippen molar-refractivity contribution >= 4 is 100 Å². The predicted molar refractivity (Wildman–Crippen MR) is 487 cm³/mol. The van der Waals surface area contributed by atoms with Crippen LogP contribution in [-0.4, -0.2) is 77.0 Å². The van der Waals surface area contributed by atoms with E-state index in [0.29, 0.717) is 34.1 Å². The number of Topliss-reactive ketones (excluding diaryl/α,β-unsaturated/α-hetero) is 1. The maximum Gasteiger partial charge on any atom is 0.300 e. The zero-order valence-electron chi connectivity index (χ0n) is 70.8. The maximum atomic E-state index is 11.6. The molecule has 15 nitrogen and oxygen atoms in total. The standard InChI is InChI=1S/C25H34O4S.C23H29NO3S.C22H29ClO2S.C22H31NO2S.CH3B.H3NO/c1-5-6-7-8-18-12-22(28)25(21-11-17(4)9-10-20(21)16(2)3)23(13-18)29-24(30)14-19(27)15-26;1-5-6-7-8-17-12-20(26)22(21(13-17)27-23(28)24-14-25)19-11-16(4)9-10-18(19)15(2)3;2*1-5-6-7-8-16-12-19(24)21(20(13-16)25-22(23)26)18-11-15(4)9-10-17(18)14(2)3;2*1-2/h11-13,20-21,26,28H,2,5-10,14-15H2,1,3-4H3;11-13,18-19,26H,2,5-10H2,1,3-4H3;11-13,17-18,24H,2,5-10H2,1,3-4H3;11-13,17-18,24H,2,5-10H2,1,3-4H3,(H2,23,26);1H3;2H,1H2/t20-,21+;18-,19+;2*17-,18+;;/m0000../s1/i;;;;1D;. The number of isocyanates is 1. The fourth-order valence-electron chi connectivity index (χ4n) is 15.6. The molecular weight excluding hydrogens is 1530 g/mol. The average molecular weight is 1660 g/mol. The van der Waals surface area contributed by atoms with Crippen LogP contribution in [0.4, 0.5) is 0 Å². The highest BCUT2D eigenvalue weighted by molar-refractivity contribution is 7.82. The summed E-state index contributed by atoms with van der Waals surface area (Å²) in [6.45, 7) is 41.3. The SMILES string of the molecule is C=C(C)[C@@H]1CCC(C)=C[C@H]1c1c(O)cc(CCCCC)cc1OC(=S)CC(=O)CO.C=C(C)[C@@H]1CCC(C)=C[C@H]1c1c(O)cc(CCCCC)cc1OC(=S)Cl.C=C(C)[C@@H]1CCC(C)=C[C@H]1c1c(O)cc(CCCCC)cc1OC(=S)N=C=O.C=C(C)[C@@H]1CCC(C)=C[C@H]1c1c(O)cc(CCCCC)cc1OC(N)=S.NO.[2H]C[B]. The number of benzene rings is 4. The molecule has 0 unspecified atom stereocenters. The molecule has 21 heteroatoms. The summed E-state index contributed by atoms with van der Waals surface area (Å²) in [4.78, 5) is 25.6. The quantitative estimate of drug-likeness (QED) is 0.00340. The molecule has 0 saturated carbocycles. The van der Waals surface area contributed by atoms with Gasteiger partial charge in [-0.05, 0) is 313 Å². The number of carbonyl (C=O) groups is 1. The number of rotatable bonds is 31. The van der Waals surface area contributed by atoms with Crippen LogP contribution in [0.15, 0.2) is 149 Å². The second-order valence-electron chi connectivity index (χ2n) is 30.7. The Balaban J connectivity index is 0.000000389. The maximum absolute atomic E-state index is 11.6. The van der Waals surface area contributed by atoms with E-state index >= 15 is 0 Å². The largest absolute Gasteiger partial charge is 0.507 e. The Bertz CT molecular complexity index is 4020. The predicted octanol–water partition coefficient (Wildman–Crippen LogP) is 24.3. The van der Waals surface area contributed by atoms with Crippen molar-refractivity contribution in [3.63, 3.8) is 0 Å². The number of hydrogen-bond acceptors (Lipinski definition) is 17. The first-order chi connectivity index (χ1) is 54.7. The van der Waals surface area contributed by atoms with Crippen molar-refractivity contribution < 1.29 is 60.6 Å². The molecular formula is C93H129BClN3O12S4. The van der Waals surface area contributed by atoms with Gasteiger partial charge in [0.05, 0.1) is 14.3 Å². The number of ether oxygens (including phenoxy) is 4. The zero-order chi connectivity index (χ0) is 86.2. The first-order valence-corrected chi connectivity index (χ1v) is 42.2. The van der Waals surface area contributed by atoms with Gasteiger partial charge in [0, 0.05) is 47.3 Å². The summed E-state index contributed by atoms with van der Waals surface area (Å²) >= 11 is 26.1. The molecule has 0 spiro atoms. The Morgan fingerprint density at radius 2 is 0.772 bits per heavy atom. The van der Waals surface area contributed by atoms with Crippen molar-refractivity contribution in [3.05, 3.63) is 188 Å². The van der Waals surface area contributed by atoms with Crippen LogP contribution in [0.3, 0.4) is 0 Å². The van der Waals surface area contributed by atoms with E-state index in [9.17, 15) is 30.0 Å². The third-order valence-corrected chi connectivity index (χ3v) is 22.0. The van der Waals surface area contributed by atoms with Crippen molar-refractivity contribution in [2.75, 3.05) is 6.61 Å². The molecule has 0 heterocycles. The Morgan fingerprint density at radius 1 is 0.509 bits per heavy atom. The molecule has 0 aliphatic heterocycles. The lowest BCUT2D eigenvalue weighted by Crippen LogP contribution is -2.21. The van der Waals surface area contributed by atoms with Gasteiger partial charge in [-0.1, -0.05) is 181 Å². The lowest BCUT2D eigenvalue weighted by Gasteiger charge is -2.32. The van der Waals surface area contributed by atoms with Gasteiger partial charge in [0.1, 0.15) is 52.6 Å². The Kier molecular flexibility index (Phi) is 46.1. The molecule has 4 aliphatic rings. The van der Waals surface area contributed by atoms with Gasteiger partial charge in [0.25, 0.3) is 14.9 Å². The highest BCUT2D eigenvalue weighted by atomic mass is 35.5. The van der Waals surface area contributed by atoms with Crippen LogP contribution >= 0.6 is 60.5 Å². The molecule has 622 valence electrons. The number of aliphatic imine (C=N–C) groups is 1. The minimum absolute atomic E-state index is 0. The highest BCUT2D eigenvalue weighted by Gasteiger charge is 2.36. The van der Waals surface area contributed by atoms with Crippen LogP contribution in [-0.2, 0) is 35.3 Å². The normalized spacial score (nSPS) is 18.7. The first-order valence-electron chi connectivity index (χ1n) is 40.9. The molecule has 4 aliphatic carbocycles. The molecule has 0 aromatic heterocycles. The molecule has 10 N–H and O–H groups in total. The summed E-state index contributed by atoms with van der Waals surface area (Å²) in [5.74, 6) is 6.94. The van der Waals surface area contributed by atoms with Crippen LogP contribution in [0.5, 0.6) is 46.0 Å². The number of aliphatic hydroxyl groups is 1. The molecule has 8 rings (SSSR count). The zero-order valence-corrected chi connectivity index (χ0v) is 73.8. The minimum atomic E-state index is -0.568. The number of aromatic hydroxyl groups is 4. The van der Waals surface area contributed by atoms with E-state index in [4.69, 9.17) is 96.8 Å². The van der Waals surface area contributed by atoms with E-state index < -0.39 is 12.4 Å². The number of thiocarbonyl (C=S) groups is 4. The average Bonchev–Trinajstić information content (AvgIpc) is 0.802. The molecule has 4 aromatic carbocycles. The van der Waals surface area contributed by atoms with Gasteiger partial charge in [0.15, 0.2) is 10.8 Å². The van der Waals surface area contributed by atoms with Crippen LogP contribution < -0.4 is 30.6 Å². The number of nitrogens with two attached hydrogens (primary N) is 2. The summed E-state index contributed by atoms with van der Waals surface area (Å²) in [6.07, 6.45) is 35.0. The molecule has 0 amide bonds. The van der Waals surface area contributed by atoms with Crippen LogP contribution in [0.25, 0.3) is 0 Å². The molecule has 0 fully saturated rings. The number of aryl methyl sites for hydroxylation is 4. The van der Waals surface area contributed by atoms with Crippen molar-refractivity contribution in [3.8, 4) is 46.0 Å². The molecule has 114 heavy (non-hydrogen) atoms. The first kappa shape index (κ1) is 99.0. The number of allylic oxidation sites excluding steroid dienone is 12. The van der Waals surface area contributed by atoms with Gasteiger partial charge >= 0.3 is 0 Å². The number of unbranched alkanes of at least 4 members (excludes halogenated alkanes) is 8. The summed E-state index contributed by atoms with van der Waals surface area (Å²) < 4.78 is 28.9. The smallest absolute Gasteiger partial charge is 0.300 e. The Morgan fingerprint density at radius 3 is 1.01 bits per heavy atom. The van der Waals surface area contributed by atoms with Gasteiger partial charge in [-0.15, -0.1) is 4.99 Å². The van der Waals surface area contributed by atoms with Crippen LogP contribution in [0.2, 0.25) is 6.80 Å². The summed E-state index contributed by atoms with van der Waals surface area (Å²) in [7, 11) is 4.51. The monoisotopic (exact) mass is 1650 g/mol. The van der Waals surface area contributed by atoms with Crippen LogP contribution in [0, 0.1) is 23.7 Å². The second kappa shape index (κ2) is 53.1. The van der Waals surface area contributed by atoms with Gasteiger partial charge in [-0.3, -0.25) is 4.79 Å². The van der Waals surface area contributed by atoms with E-state index in [0.717, 1.165) is 210 Å². The lowest BCUT2D eigenvalue weighted by molar-refractivity contribution is -0.120. The van der Waals surface area contributed by atoms with E-state index in [1.807, 2.05) is 62.4 Å². The Hall–Kier alpha value is -7.36. The summed E-state index contributed by atoms with van der Waals surface area (Å²) in [6, 6.07) is 15.2. The second-order valence-corrected chi connectivity index (χ2v) is 32.9. The number of nitrogens with zero attached hydrogens (tertiary/aromatic N) is 1. The minimum Gasteiger partial charge on any atom is -0.507 e. The van der Waals surface area contributed by atoms with E-state index in [1.54, 1.807) is 0 Å². The van der Waals surface area contributed by atoms with Crippen molar-refractivity contribution in [1.29, 1.82) is 0 Å². The number of aliphatic hydroxyl groups excluding tert-OH is 1. The van der Waals surface area contributed by atoms with Crippen LogP contribution in [0.1, 0.15) is 287 Å². The third kappa shape index (κ3) is 32.6. The van der Waals surface area contributed by atoms with Crippen molar-refractivity contribution in [2.24, 2.45) is 40.3 Å². The highest BCUT2D eigenvalue weighted by Crippen LogP contribution is 2.52. The van der Waals surface area contributed by atoms with Gasteiger partial charge < -0.3 is 55.4 Å². The van der Waals surface area contributed by atoms with Crippen molar-refractivity contribution in [1.82, 2.24) is 0 Å². The summed E-state index contributed by atoms with van der Waals surface area (Å²) in [5, 5.41) is 59.0. The Labute approximate surface area is 711 Å².